The van der Waals surface area contributed by atoms with Crippen LogP contribution in [0.1, 0.15) is 54.6 Å². The topological polar surface area (TPSA) is 48.0 Å². The molecule has 0 bridgehead atoms. The quantitative estimate of drug-likeness (QED) is 0.657. The molecule has 0 saturated carbocycles. The van der Waals surface area contributed by atoms with Crippen molar-refractivity contribution in [3.05, 3.63) is 65.2 Å². The Labute approximate surface area is 187 Å². The molecule has 2 fully saturated rings. The van der Waals surface area contributed by atoms with Crippen molar-refractivity contribution in [3.63, 3.8) is 0 Å². The standard InChI is InChI=1S/C25H29F2NO4/c1-3-31-19-15-22(17-7-5-4-6-8-17)32-25(16-19)9-11-28(12-10-25)24(29)20-13-18(26)14-21(27)23(20)30-2/h4-8,13-14,19,22H,3,9-12,15-16H2,1-2H3/t19-,22-/m1/s1. The van der Waals surface area contributed by atoms with Gasteiger partial charge in [0.05, 0.1) is 30.5 Å². The highest BCUT2D eigenvalue weighted by Crippen LogP contribution is 2.44. The second kappa shape index (κ2) is 9.55. The number of likely N-dealkylation sites (tertiary alicyclic amines) is 1. The van der Waals surface area contributed by atoms with Gasteiger partial charge in [-0.05, 0) is 31.4 Å². The van der Waals surface area contributed by atoms with E-state index in [1.807, 2.05) is 25.1 Å². The Kier molecular flexibility index (Phi) is 6.76. The second-order valence-electron chi connectivity index (χ2n) is 8.48. The van der Waals surface area contributed by atoms with Crippen LogP contribution < -0.4 is 4.74 Å². The normalized spacial score (nSPS) is 22.7. The average molecular weight is 446 g/mol. The molecule has 172 valence electrons. The highest BCUT2D eigenvalue weighted by atomic mass is 19.1. The molecule has 0 radical (unpaired) electrons. The predicted octanol–water partition coefficient (Wildman–Crippen LogP) is 4.91. The Hall–Kier alpha value is -2.51. The molecule has 2 aromatic rings. The summed E-state index contributed by atoms with van der Waals surface area (Å²) in [7, 11) is 1.27. The van der Waals surface area contributed by atoms with Crippen molar-refractivity contribution in [3.8, 4) is 5.75 Å². The third-order valence-electron chi connectivity index (χ3n) is 6.45. The first-order chi connectivity index (χ1) is 15.4. The Morgan fingerprint density at radius 3 is 2.56 bits per heavy atom. The number of carbonyl (C=O) groups excluding carboxylic acids is 1. The number of amides is 1. The highest BCUT2D eigenvalue weighted by molar-refractivity contribution is 5.97. The fraction of sp³-hybridized carbons (Fsp3) is 0.480. The molecule has 1 amide bonds. The molecule has 0 N–H and O–H groups in total. The average Bonchev–Trinajstić information content (AvgIpc) is 2.79. The molecule has 2 aliphatic rings. The minimum Gasteiger partial charge on any atom is -0.493 e. The Bertz CT molecular complexity index is 944. The van der Waals surface area contributed by atoms with E-state index < -0.39 is 23.1 Å². The van der Waals surface area contributed by atoms with Gasteiger partial charge in [-0.25, -0.2) is 8.78 Å². The summed E-state index contributed by atoms with van der Waals surface area (Å²) in [6.45, 7) is 3.49. The van der Waals surface area contributed by atoms with Crippen LogP contribution in [0, 0.1) is 11.6 Å². The SMILES string of the molecule is CCO[C@@H]1C[C@H](c2ccccc2)OC2(CCN(C(=O)c3cc(F)cc(F)c3OC)CC2)C1. The molecule has 2 saturated heterocycles. The van der Waals surface area contributed by atoms with E-state index in [2.05, 4.69) is 12.1 Å². The van der Waals surface area contributed by atoms with Crippen LogP contribution in [-0.2, 0) is 9.47 Å². The van der Waals surface area contributed by atoms with E-state index >= 15 is 0 Å². The van der Waals surface area contributed by atoms with Crippen molar-refractivity contribution in [1.82, 2.24) is 4.90 Å². The fourth-order valence-electron chi connectivity index (χ4n) is 4.91. The zero-order valence-electron chi connectivity index (χ0n) is 18.5. The summed E-state index contributed by atoms with van der Waals surface area (Å²) in [5, 5.41) is 0. The number of carbonyl (C=O) groups is 1. The van der Waals surface area contributed by atoms with E-state index in [4.69, 9.17) is 14.2 Å². The minimum absolute atomic E-state index is 0.0684. The molecule has 4 rings (SSSR count). The van der Waals surface area contributed by atoms with E-state index in [1.165, 1.54) is 7.11 Å². The third kappa shape index (κ3) is 4.64. The molecule has 7 heteroatoms. The van der Waals surface area contributed by atoms with Gasteiger partial charge in [0, 0.05) is 38.6 Å². The van der Waals surface area contributed by atoms with Crippen LogP contribution in [0.3, 0.4) is 0 Å². The summed E-state index contributed by atoms with van der Waals surface area (Å²) in [5.41, 5.74) is 0.627. The monoisotopic (exact) mass is 445 g/mol. The molecule has 32 heavy (non-hydrogen) atoms. The molecule has 0 aromatic heterocycles. The lowest BCUT2D eigenvalue weighted by molar-refractivity contribution is -0.190. The second-order valence-corrected chi connectivity index (χ2v) is 8.48. The molecule has 2 heterocycles. The van der Waals surface area contributed by atoms with Crippen LogP contribution in [-0.4, -0.2) is 49.3 Å². The van der Waals surface area contributed by atoms with Crippen LogP contribution in [0.25, 0.3) is 0 Å². The van der Waals surface area contributed by atoms with Crippen molar-refractivity contribution in [2.45, 2.75) is 50.4 Å². The van der Waals surface area contributed by atoms with Gasteiger partial charge in [-0.1, -0.05) is 30.3 Å². The number of methoxy groups -OCH3 is 1. The summed E-state index contributed by atoms with van der Waals surface area (Å²) in [6.07, 6.45) is 2.84. The maximum absolute atomic E-state index is 14.1. The Balaban J connectivity index is 1.50. The predicted molar refractivity (Wildman–Crippen MR) is 116 cm³/mol. The molecule has 0 aliphatic carbocycles. The smallest absolute Gasteiger partial charge is 0.257 e. The van der Waals surface area contributed by atoms with Crippen molar-refractivity contribution < 1.29 is 27.8 Å². The van der Waals surface area contributed by atoms with E-state index in [0.29, 0.717) is 38.6 Å². The zero-order chi connectivity index (χ0) is 22.7. The van der Waals surface area contributed by atoms with Crippen molar-refractivity contribution in [2.75, 3.05) is 26.8 Å². The summed E-state index contributed by atoms with van der Waals surface area (Å²) in [6, 6.07) is 11.9. The Morgan fingerprint density at radius 1 is 1.19 bits per heavy atom. The summed E-state index contributed by atoms with van der Waals surface area (Å²) < 4.78 is 45.5. The summed E-state index contributed by atoms with van der Waals surface area (Å²) in [5.74, 6) is -2.36. The molecule has 2 aliphatic heterocycles. The lowest BCUT2D eigenvalue weighted by Gasteiger charge is -2.48. The van der Waals surface area contributed by atoms with Gasteiger partial charge < -0.3 is 19.1 Å². The van der Waals surface area contributed by atoms with E-state index in [9.17, 15) is 13.6 Å². The number of nitrogens with zero attached hydrogens (tertiary/aromatic N) is 1. The largest absolute Gasteiger partial charge is 0.493 e. The molecule has 2 aromatic carbocycles. The van der Waals surface area contributed by atoms with Crippen LogP contribution >= 0.6 is 0 Å². The molecular weight excluding hydrogens is 416 g/mol. The van der Waals surface area contributed by atoms with Gasteiger partial charge in [-0.2, -0.15) is 0 Å². The summed E-state index contributed by atoms with van der Waals surface area (Å²) in [4.78, 5) is 14.7. The number of rotatable bonds is 5. The number of piperidine rings is 1. The molecule has 1 spiro atoms. The molecular formula is C25H29F2NO4. The first kappa shape index (κ1) is 22.7. The van der Waals surface area contributed by atoms with Crippen molar-refractivity contribution in [1.29, 1.82) is 0 Å². The third-order valence-corrected chi connectivity index (χ3v) is 6.45. The maximum atomic E-state index is 14.1. The van der Waals surface area contributed by atoms with E-state index in [1.54, 1.807) is 4.90 Å². The van der Waals surface area contributed by atoms with Crippen molar-refractivity contribution in [2.24, 2.45) is 0 Å². The molecule has 2 atom stereocenters. The highest BCUT2D eigenvalue weighted by Gasteiger charge is 2.45. The maximum Gasteiger partial charge on any atom is 0.257 e. The lowest BCUT2D eigenvalue weighted by atomic mass is 9.80. The first-order valence-electron chi connectivity index (χ1n) is 11.1. The van der Waals surface area contributed by atoms with Gasteiger partial charge >= 0.3 is 0 Å². The van der Waals surface area contributed by atoms with E-state index in [0.717, 1.165) is 24.5 Å². The molecule has 0 unspecified atom stereocenters. The minimum atomic E-state index is -0.884. The van der Waals surface area contributed by atoms with E-state index in [-0.39, 0.29) is 23.5 Å². The van der Waals surface area contributed by atoms with Crippen molar-refractivity contribution >= 4 is 5.91 Å². The van der Waals surface area contributed by atoms with Crippen LogP contribution in [0.4, 0.5) is 8.78 Å². The molecule has 5 nitrogen and oxygen atoms in total. The van der Waals surface area contributed by atoms with Gasteiger partial charge in [-0.15, -0.1) is 0 Å². The van der Waals surface area contributed by atoms with Gasteiger partial charge in [0.2, 0.25) is 0 Å². The lowest BCUT2D eigenvalue weighted by Crippen LogP contribution is -2.52. The number of benzene rings is 2. The number of ether oxygens (including phenoxy) is 3. The number of halogens is 2. The van der Waals surface area contributed by atoms with Gasteiger partial charge in [-0.3, -0.25) is 4.79 Å². The van der Waals surface area contributed by atoms with Gasteiger partial charge in [0.15, 0.2) is 11.6 Å². The zero-order valence-corrected chi connectivity index (χ0v) is 18.5. The first-order valence-corrected chi connectivity index (χ1v) is 11.1. The fourth-order valence-corrected chi connectivity index (χ4v) is 4.91. The summed E-state index contributed by atoms with van der Waals surface area (Å²) >= 11 is 0. The number of hydrogen-bond acceptors (Lipinski definition) is 4. The van der Waals surface area contributed by atoms with Crippen LogP contribution in [0.2, 0.25) is 0 Å². The Morgan fingerprint density at radius 2 is 1.91 bits per heavy atom. The van der Waals surface area contributed by atoms with Crippen LogP contribution in [0.15, 0.2) is 42.5 Å². The number of hydrogen-bond donors (Lipinski definition) is 0. The van der Waals surface area contributed by atoms with Crippen LogP contribution in [0.5, 0.6) is 5.75 Å². The van der Waals surface area contributed by atoms with Gasteiger partial charge in [0.25, 0.3) is 5.91 Å². The van der Waals surface area contributed by atoms with Gasteiger partial charge in [0.1, 0.15) is 5.82 Å².